The molecule has 256 valence electrons. The third kappa shape index (κ3) is 6.96. The van der Waals surface area contributed by atoms with Crippen LogP contribution >= 0.6 is 0 Å². The number of methoxy groups -OCH3 is 1. The number of rotatable bonds is 8. The third-order valence-corrected chi connectivity index (χ3v) is 10.0. The molecule has 9 unspecified atom stereocenters. The molecule has 2 aliphatic carbocycles. The third-order valence-electron chi connectivity index (χ3n) is 10.0. The lowest BCUT2D eigenvalue weighted by Crippen LogP contribution is -2.63. The standard InChI is InChI=1S/C28H48O16/c1-39-16-4-10(2-3-13(16)32)26-17(42-28-25(38)23(36)21(34)19(9-30)44-28)7-12-14(40-26)5-11(31)6-15(12)41-27-24(37)22(35)20(33)18(8-29)43-27/h10-38H,2-9H2,1H3/t10?,11?,12?,13?,14?,15?,16?,17?,18-,19-,20-,21-,22+,23+,24-,25-,26?,27-,28-/m1/s1. The van der Waals surface area contributed by atoms with Crippen LogP contribution in [0.5, 0.6) is 0 Å². The van der Waals surface area contributed by atoms with Crippen LogP contribution in [0, 0.1) is 11.8 Å². The van der Waals surface area contributed by atoms with Crippen LogP contribution < -0.4 is 0 Å². The summed E-state index contributed by atoms with van der Waals surface area (Å²) < 4.78 is 35.7. The number of hydrogen-bond donors (Lipinski definition) is 10. The molecule has 19 atom stereocenters. The van der Waals surface area contributed by atoms with Gasteiger partial charge in [-0.15, -0.1) is 0 Å². The predicted octanol–water partition coefficient (Wildman–Crippen LogP) is -4.54. The molecule has 10 N–H and O–H groups in total. The van der Waals surface area contributed by atoms with Gasteiger partial charge in [-0.05, 0) is 38.0 Å². The predicted molar refractivity (Wildman–Crippen MR) is 143 cm³/mol. The molecule has 0 amide bonds. The van der Waals surface area contributed by atoms with Gasteiger partial charge in [0.15, 0.2) is 12.6 Å². The van der Waals surface area contributed by atoms with Gasteiger partial charge in [-0.3, -0.25) is 0 Å². The minimum absolute atomic E-state index is 0.109. The van der Waals surface area contributed by atoms with E-state index in [2.05, 4.69) is 0 Å². The molecule has 16 heteroatoms. The first-order chi connectivity index (χ1) is 21.0. The van der Waals surface area contributed by atoms with E-state index in [9.17, 15) is 51.1 Å². The fraction of sp³-hybridized carbons (Fsp3) is 1.00. The second-order valence-corrected chi connectivity index (χ2v) is 12.8. The van der Waals surface area contributed by atoms with Crippen molar-refractivity contribution in [2.45, 2.75) is 143 Å². The fourth-order valence-corrected chi connectivity index (χ4v) is 7.48. The fourth-order valence-electron chi connectivity index (χ4n) is 7.48. The zero-order valence-electron chi connectivity index (χ0n) is 24.5. The van der Waals surface area contributed by atoms with Gasteiger partial charge >= 0.3 is 0 Å². The van der Waals surface area contributed by atoms with Gasteiger partial charge < -0.3 is 79.5 Å². The molecule has 0 spiro atoms. The molecule has 0 bridgehead atoms. The number of ether oxygens (including phenoxy) is 6. The lowest BCUT2D eigenvalue weighted by molar-refractivity contribution is -0.344. The molecule has 0 aromatic rings. The van der Waals surface area contributed by atoms with E-state index in [0.717, 1.165) is 0 Å². The molecule has 0 aromatic heterocycles. The van der Waals surface area contributed by atoms with Crippen LogP contribution in [0.1, 0.15) is 38.5 Å². The highest BCUT2D eigenvalue weighted by molar-refractivity contribution is 5.00. The van der Waals surface area contributed by atoms with Gasteiger partial charge in [-0.2, -0.15) is 0 Å². The van der Waals surface area contributed by atoms with E-state index in [1.807, 2.05) is 0 Å². The van der Waals surface area contributed by atoms with Crippen LogP contribution in [0.3, 0.4) is 0 Å². The van der Waals surface area contributed by atoms with E-state index in [4.69, 9.17) is 28.4 Å². The van der Waals surface area contributed by atoms with Crippen molar-refractivity contribution in [2.75, 3.05) is 20.3 Å². The molecule has 5 aliphatic rings. The van der Waals surface area contributed by atoms with Gasteiger partial charge in [0, 0.05) is 19.4 Å². The first-order valence-corrected chi connectivity index (χ1v) is 15.4. The number of hydrogen-bond acceptors (Lipinski definition) is 16. The first kappa shape index (κ1) is 34.7. The Hall–Kier alpha value is -0.640. The first-order valence-electron chi connectivity index (χ1n) is 15.4. The molecule has 3 aliphatic heterocycles. The Balaban J connectivity index is 1.39. The lowest BCUT2D eigenvalue weighted by Gasteiger charge is -2.52. The van der Waals surface area contributed by atoms with E-state index in [1.54, 1.807) is 0 Å². The van der Waals surface area contributed by atoms with Gasteiger partial charge in [-0.25, -0.2) is 0 Å². The average molecular weight is 641 g/mol. The van der Waals surface area contributed by atoms with Crippen molar-refractivity contribution in [1.29, 1.82) is 0 Å². The van der Waals surface area contributed by atoms with Crippen molar-refractivity contribution in [2.24, 2.45) is 11.8 Å². The normalized spacial score (nSPS) is 53.7. The van der Waals surface area contributed by atoms with Gasteiger partial charge in [0.05, 0.1) is 55.9 Å². The Labute approximate surface area is 254 Å². The largest absolute Gasteiger partial charge is 0.394 e. The van der Waals surface area contributed by atoms with E-state index >= 15 is 0 Å². The van der Waals surface area contributed by atoms with Gasteiger partial charge in [0.2, 0.25) is 0 Å². The zero-order chi connectivity index (χ0) is 31.9. The molecule has 16 nitrogen and oxygen atoms in total. The van der Waals surface area contributed by atoms with Crippen LogP contribution in [-0.2, 0) is 28.4 Å². The van der Waals surface area contributed by atoms with Gasteiger partial charge in [0.25, 0.3) is 0 Å². The summed E-state index contributed by atoms with van der Waals surface area (Å²) >= 11 is 0. The van der Waals surface area contributed by atoms with Crippen LogP contribution in [0.4, 0.5) is 0 Å². The lowest BCUT2D eigenvalue weighted by atomic mass is 9.72. The zero-order valence-corrected chi connectivity index (χ0v) is 24.5. The van der Waals surface area contributed by atoms with Gasteiger partial charge in [-0.1, -0.05) is 0 Å². The van der Waals surface area contributed by atoms with Crippen molar-refractivity contribution in [3.8, 4) is 0 Å². The minimum Gasteiger partial charge on any atom is -0.394 e. The minimum atomic E-state index is -1.66. The molecule has 5 rings (SSSR count). The summed E-state index contributed by atoms with van der Waals surface area (Å²) in [7, 11) is 1.51. The highest BCUT2D eigenvalue weighted by Crippen LogP contribution is 2.45. The maximum Gasteiger partial charge on any atom is 0.187 e. The second kappa shape index (κ2) is 14.6. The molecular weight excluding hydrogens is 592 g/mol. The molecule has 3 saturated heterocycles. The molecule has 0 radical (unpaired) electrons. The van der Waals surface area contributed by atoms with Crippen LogP contribution in [0.25, 0.3) is 0 Å². The Kier molecular flexibility index (Phi) is 11.5. The molecule has 2 saturated carbocycles. The van der Waals surface area contributed by atoms with Crippen molar-refractivity contribution >= 4 is 0 Å². The van der Waals surface area contributed by atoms with Crippen molar-refractivity contribution in [3.05, 3.63) is 0 Å². The maximum atomic E-state index is 10.8. The van der Waals surface area contributed by atoms with Crippen LogP contribution in [-0.4, -0.2) is 176 Å². The summed E-state index contributed by atoms with van der Waals surface area (Å²) in [5, 5.41) is 103. The Morgan fingerprint density at radius 2 is 1.16 bits per heavy atom. The SMILES string of the molecule is COC1CC(C2OC3CC(O)CC(O[C@@H]4O[C@H](CO)[C@@H](O)[C@H](O)[C@H]4O)C3CC2O[C@@H]2O[C@H](CO)[C@@H](O)[C@H](O)[C@H]2O)CCC1O. The summed E-state index contributed by atoms with van der Waals surface area (Å²) in [6, 6.07) is 0. The summed E-state index contributed by atoms with van der Waals surface area (Å²) in [6.07, 6.45) is -17.7. The van der Waals surface area contributed by atoms with Crippen molar-refractivity contribution in [3.63, 3.8) is 0 Å². The topological polar surface area (TPSA) is 258 Å². The number of fused-ring (bicyclic) bond motifs is 1. The highest BCUT2D eigenvalue weighted by atomic mass is 16.7. The van der Waals surface area contributed by atoms with E-state index in [-0.39, 0.29) is 25.2 Å². The highest BCUT2D eigenvalue weighted by Gasteiger charge is 2.54. The van der Waals surface area contributed by atoms with E-state index in [1.165, 1.54) is 7.11 Å². The average Bonchev–Trinajstić information content (AvgIpc) is 3.01. The number of aliphatic hydroxyl groups is 10. The number of aliphatic hydroxyl groups excluding tert-OH is 10. The van der Waals surface area contributed by atoms with Crippen molar-refractivity contribution < 1.29 is 79.5 Å². The van der Waals surface area contributed by atoms with Crippen molar-refractivity contribution in [1.82, 2.24) is 0 Å². The smallest absolute Gasteiger partial charge is 0.187 e. The monoisotopic (exact) mass is 640 g/mol. The quantitative estimate of drug-likeness (QED) is 0.120. The molecular formula is C28H48O16. The Bertz CT molecular complexity index is 911. The molecule has 44 heavy (non-hydrogen) atoms. The Morgan fingerprint density at radius 3 is 1.70 bits per heavy atom. The van der Waals surface area contributed by atoms with E-state index < -0.39 is 123 Å². The second-order valence-electron chi connectivity index (χ2n) is 12.8. The summed E-state index contributed by atoms with van der Waals surface area (Å²) in [5.74, 6) is -0.646. The van der Waals surface area contributed by atoms with Crippen LogP contribution in [0.2, 0.25) is 0 Å². The summed E-state index contributed by atoms with van der Waals surface area (Å²) in [5.41, 5.74) is 0. The summed E-state index contributed by atoms with van der Waals surface area (Å²) in [6.45, 7) is -1.27. The maximum absolute atomic E-state index is 10.8. The Morgan fingerprint density at radius 1 is 0.591 bits per heavy atom. The molecule has 0 aromatic carbocycles. The van der Waals surface area contributed by atoms with Gasteiger partial charge in [0.1, 0.15) is 48.8 Å². The van der Waals surface area contributed by atoms with E-state index in [0.29, 0.717) is 19.3 Å². The molecule has 3 heterocycles. The molecule has 5 fully saturated rings. The van der Waals surface area contributed by atoms with Crippen LogP contribution in [0.15, 0.2) is 0 Å². The summed E-state index contributed by atoms with van der Waals surface area (Å²) in [4.78, 5) is 0.